The zero-order valence-corrected chi connectivity index (χ0v) is 12.6. The van der Waals surface area contributed by atoms with E-state index in [0.717, 1.165) is 25.1 Å². The van der Waals surface area contributed by atoms with E-state index >= 15 is 0 Å². The quantitative estimate of drug-likeness (QED) is 0.945. The van der Waals surface area contributed by atoms with Crippen LogP contribution in [0.3, 0.4) is 0 Å². The van der Waals surface area contributed by atoms with Crippen molar-refractivity contribution in [2.75, 3.05) is 23.2 Å². The zero-order valence-electron chi connectivity index (χ0n) is 11.8. The van der Waals surface area contributed by atoms with Crippen LogP contribution in [0.1, 0.15) is 12.0 Å². The van der Waals surface area contributed by atoms with Gasteiger partial charge in [-0.05, 0) is 42.7 Å². The summed E-state index contributed by atoms with van der Waals surface area (Å²) in [5, 5.41) is 3.26. The van der Waals surface area contributed by atoms with E-state index in [1.165, 1.54) is 9.87 Å². The average Bonchev–Trinajstić information content (AvgIpc) is 2.54. The molecule has 110 valence electrons. The maximum atomic E-state index is 12.7. The Morgan fingerprint density at radius 2 is 1.95 bits per heavy atom. The number of benzene rings is 1. The van der Waals surface area contributed by atoms with Crippen molar-refractivity contribution in [3.05, 3.63) is 48.3 Å². The van der Waals surface area contributed by atoms with E-state index < -0.39 is 10.0 Å². The molecule has 0 saturated heterocycles. The Labute approximate surface area is 124 Å². The standard InChI is InChI=1S/C15H17N3O2S/c1-18(13-6-9-16-10-7-13)21(19,20)14-5-4-12-3-2-8-17-15(12)11-14/h4-7,9-11,17H,2-3,8H2,1H3. The second-order valence-corrected chi connectivity index (χ2v) is 7.00. The molecule has 0 saturated carbocycles. The van der Waals surface area contributed by atoms with Gasteiger partial charge in [0.15, 0.2) is 0 Å². The minimum atomic E-state index is -3.56. The topological polar surface area (TPSA) is 62.3 Å². The Bertz CT molecular complexity index is 745. The third-order valence-electron chi connectivity index (χ3n) is 3.70. The number of pyridine rings is 1. The molecule has 0 spiro atoms. The second kappa shape index (κ2) is 5.37. The van der Waals surface area contributed by atoms with Gasteiger partial charge in [0, 0.05) is 31.7 Å². The first-order chi connectivity index (χ1) is 10.1. The molecular weight excluding hydrogens is 286 g/mol. The van der Waals surface area contributed by atoms with Crippen LogP contribution in [0.2, 0.25) is 0 Å². The van der Waals surface area contributed by atoms with Crippen LogP contribution in [0.4, 0.5) is 11.4 Å². The molecule has 1 aliphatic heterocycles. The van der Waals surface area contributed by atoms with Gasteiger partial charge in [-0.15, -0.1) is 0 Å². The van der Waals surface area contributed by atoms with Gasteiger partial charge in [-0.2, -0.15) is 0 Å². The van der Waals surface area contributed by atoms with Crippen LogP contribution in [0, 0.1) is 0 Å². The third-order valence-corrected chi connectivity index (χ3v) is 5.49. The first-order valence-electron chi connectivity index (χ1n) is 6.85. The Kier molecular flexibility index (Phi) is 3.55. The number of rotatable bonds is 3. The van der Waals surface area contributed by atoms with E-state index in [-0.39, 0.29) is 0 Å². The summed E-state index contributed by atoms with van der Waals surface area (Å²) in [6, 6.07) is 8.65. The molecule has 21 heavy (non-hydrogen) atoms. The summed E-state index contributed by atoms with van der Waals surface area (Å²) in [5.41, 5.74) is 2.69. The van der Waals surface area contributed by atoms with Crippen molar-refractivity contribution < 1.29 is 8.42 Å². The van der Waals surface area contributed by atoms with Crippen LogP contribution in [-0.2, 0) is 16.4 Å². The number of hydrogen-bond donors (Lipinski definition) is 1. The molecule has 2 heterocycles. The van der Waals surface area contributed by atoms with Gasteiger partial charge in [0.05, 0.1) is 10.6 Å². The fourth-order valence-corrected chi connectivity index (χ4v) is 3.67. The van der Waals surface area contributed by atoms with E-state index in [9.17, 15) is 8.42 Å². The summed E-state index contributed by atoms with van der Waals surface area (Å²) in [7, 11) is -2.01. The molecule has 0 unspecified atom stereocenters. The first kappa shape index (κ1) is 13.9. The van der Waals surface area contributed by atoms with Crippen LogP contribution in [0.25, 0.3) is 0 Å². The van der Waals surface area contributed by atoms with Crippen LogP contribution in [0.15, 0.2) is 47.6 Å². The molecule has 1 aliphatic rings. The summed E-state index contributed by atoms with van der Waals surface area (Å²) in [4.78, 5) is 4.21. The molecule has 0 bridgehead atoms. The number of nitrogens with zero attached hydrogens (tertiary/aromatic N) is 2. The van der Waals surface area contributed by atoms with Gasteiger partial charge in [0.2, 0.25) is 0 Å². The number of hydrogen-bond acceptors (Lipinski definition) is 4. The van der Waals surface area contributed by atoms with Crippen molar-refractivity contribution in [2.24, 2.45) is 0 Å². The lowest BCUT2D eigenvalue weighted by molar-refractivity contribution is 0.594. The Morgan fingerprint density at radius 1 is 1.19 bits per heavy atom. The van der Waals surface area contributed by atoms with Gasteiger partial charge in [0.25, 0.3) is 10.0 Å². The highest BCUT2D eigenvalue weighted by Crippen LogP contribution is 2.28. The van der Waals surface area contributed by atoms with Crippen molar-refractivity contribution in [1.29, 1.82) is 0 Å². The Hall–Kier alpha value is -2.08. The number of anilines is 2. The van der Waals surface area contributed by atoms with E-state index in [0.29, 0.717) is 10.6 Å². The predicted molar refractivity (Wildman–Crippen MR) is 83.1 cm³/mol. The largest absolute Gasteiger partial charge is 0.385 e. The molecule has 2 aromatic rings. The Balaban J connectivity index is 1.98. The van der Waals surface area contributed by atoms with Gasteiger partial charge in [-0.3, -0.25) is 9.29 Å². The van der Waals surface area contributed by atoms with Crippen molar-refractivity contribution >= 4 is 21.4 Å². The van der Waals surface area contributed by atoms with Crippen molar-refractivity contribution in [2.45, 2.75) is 17.7 Å². The average molecular weight is 303 g/mol. The van der Waals surface area contributed by atoms with E-state index in [1.807, 2.05) is 6.07 Å². The van der Waals surface area contributed by atoms with E-state index in [2.05, 4.69) is 10.3 Å². The van der Waals surface area contributed by atoms with Crippen LogP contribution in [-0.4, -0.2) is 27.0 Å². The number of nitrogens with one attached hydrogen (secondary N) is 1. The smallest absolute Gasteiger partial charge is 0.264 e. The second-order valence-electron chi connectivity index (χ2n) is 5.03. The van der Waals surface area contributed by atoms with Crippen molar-refractivity contribution in [1.82, 2.24) is 4.98 Å². The zero-order chi connectivity index (χ0) is 14.9. The highest BCUT2D eigenvalue weighted by Gasteiger charge is 2.22. The van der Waals surface area contributed by atoms with Crippen molar-refractivity contribution in [3.63, 3.8) is 0 Å². The molecule has 1 aromatic carbocycles. The van der Waals surface area contributed by atoms with Gasteiger partial charge < -0.3 is 5.32 Å². The SMILES string of the molecule is CN(c1ccncc1)S(=O)(=O)c1ccc2c(c1)NCCC2. The molecule has 0 radical (unpaired) electrons. The summed E-state index contributed by atoms with van der Waals surface area (Å²) in [6.07, 6.45) is 5.23. The minimum Gasteiger partial charge on any atom is -0.385 e. The van der Waals surface area contributed by atoms with Crippen LogP contribution in [0.5, 0.6) is 0 Å². The van der Waals surface area contributed by atoms with Crippen LogP contribution >= 0.6 is 0 Å². The third kappa shape index (κ3) is 2.58. The van der Waals surface area contributed by atoms with Gasteiger partial charge in [0.1, 0.15) is 0 Å². The maximum absolute atomic E-state index is 12.7. The fourth-order valence-electron chi connectivity index (χ4n) is 2.45. The van der Waals surface area contributed by atoms with Gasteiger partial charge >= 0.3 is 0 Å². The molecule has 0 atom stereocenters. The van der Waals surface area contributed by atoms with E-state index in [4.69, 9.17) is 0 Å². The summed E-state index contributed by atoms with van der Waals surface area (Å²) in [6.45, 7) is 0.886. The normalized spacial score (nSPS) is 14.1. The molecule has 3 rings (SSSR count). The number of aryl methyl sites for hydroxylation is 1. The highest BCUT2D eigenvalue weighted by molar-refractivity contribution is 7.92. The van der Waals surface area contributed by atoms with Crippen molar-refractivity contribution in [3.8, 4) is 0 Å². The minimum absolute atomic E-state index is 0.301. The predicted octanol–water partition coefficient (Wildman–Crippen LogP) is 2.26. The molecule has 6 heteroatoms. The molecule has 0 amide bonds. The summed E-state index contributed by atoms with van der Waals surface area (Å²) in [5.74, 6) is 0. The molecule has 0 aliphatic carbocycles. The molecule has 0 fully saturated rings. The molecular formula is C15H17N3O2S. The monoisotopic (exact) mass is 303 g/mol. The lowest BCUT2D eigenvalue weighted by atomic mass is 10.0. The van der Waals surface area contributed by atoms with Gasteiger partial charge in [-0.1, -0.05) is 6.07 Å². The molecule has 1 N–H and O–H groups in total. The molecule has 5 nitrogen and oxygen atoms in total. The van der Waals surface area contributed by atoms with E-state index in [1.54, 1.807) is 43.7 Å². The highest BCUT2D eigenvalue weighted by atomic mass is 32.2. The molecule has 1 aromatic heterocycles. The first-order valence-corrected chi connectivity index (χ1v) is 8.29. The number of sulfonamides is 1. The van der Waals surface area contributed by atoms with Gasteiger partial charge in [-0.25, -0.2) is 8.42 Å². The number of aromatic nitrogens is 1. The lowest BCUT2D eigenvalue weighted by Gasteiger charge is -2.22. The summed E-state index contributed by atoms with van der Waals surface area (Å²) < 4.78 is 26.7. The fraction of sp³-hybridized carbons (Fsp3) is 0.267. The Morgan fingerprint density at radius 3 is 2.71 bits per heavy atom. The maximum Gasteiger partial charge on any atom is 0.264 e. The van der Waals surface area contributed by atoms with Crippen LogP contribution < -0.4 is 9.62 Å². The lowest BCUT2D eigenvalue weighted by Crippen LogP contribution is -2.27. The summed E-state index contributed by atoms with van der Waals surface area (Å²) >= 11 is 0. The number of fused-ring (bicyclic) bond motifs is 1.